The summed E-state index contributed by atoms with van der Waals surface area (Å²) in [6.07, 6.45) is 1.95. The minimum atomic E-state index is -0.312. The Morgan fingerprint density at radius 1 is 1.25 bits per heavy atom. The zero-order valence-corrected chi connectivity index (χ0v) is 12.8. The minimum Gasteiger partial charge on any atom is -0.465 e. The normalized spacial score (nSPS) is 11.9. The third-order valence-corrected chi connectivity index (χ3v) is 3.34. The lowest BCUT2D eigenvalue weighted by molar-refractivity contribution is -0.145. The number of halogens is 1. The molecular weight excluding hydrogens is 276 g/mol. The Morgan fingerprint density at radius 3 is 2.45 bits per heavy atom. The molecule has 0 radical (unpaired) electrons. The largest absolute Gasteiger partial charge is 0.465 e. The third-order valence-electron chi connectivity index (χ3n) is 3.07. The van der Waals surface area contributed by atoms with Gasteiger partial charge in [-0.2, -0.15) is 0 Å². The van der Waals surface area contributed by atoms with Gasteiger partial charge in [0.1, 0.15) is 0 Å². The van der Waals surface area contributed by atoms with E-state index in [0.29, 0.717) is 30.9 Å². The molecule has 1 aromatic rings. The number of ketones is 1. The summed E-state index contributed by atoms with van der Waals surface area (Å²) in [5.74, 6) is 0.0319. The fourth-order valence-electron chi connectivity index (χ4n) is 1.79. The Balaban J connectivity index is 2.65. The molecule has 0 aromatic heterocycles. The molecule has 0 fully saturated rings. The molecule has 1 atom stereocenters. The number of hydrogen-bond donors (Lipinski definition) is 0. The molecule has 3 nitrogen and oxygen atoms in total. The van der Waals surface area contributed by atoms with E-state index in [2.05, 4.69) is 0 Å². The number of Topliss-reactive ketones (excluding diaryl/α,β-unsaturated/α-hetero) is 1. The predicted octanol–water partition coefficient (Wildman–Crippen LogP) is 3.95. The maximum absolute atomic E-state index is 11.8. The number of alkyl halides is 1. The van der Waals surface area contributed by atoms with Crippen LogP contribution in [-0.4, -0.2) is 24.2 Å². The number of esters is 1. The van der Waals surface area contributed by atoms with E-state index in [1.165, 1.54) is 0 Å². The SMILES string of the molecule is CCCOC(=O)C(C)c1ccc(C(=O)CCCCl)cc1. The molecule has 110 valence electrons. The smallest absolute Gasteiger partial charge is 0.313 e. The van der Waals surface area contributed by atoms with Crippen molar-refractivity contribution in [2.75, 3.05) is 12.5 Å². The van der Waals surface area contributed by atoms with E-state index in [9.17, 15) is 9.59 Å². The van der Waals surface area contributed by atoms with Crippen molar-refractivity contribution in [1.29, 1.82) is 0 Å². The van der Waals surface area contributed by atoms with Gasteiger partial charge in [-0.1, -0.05) is 31.2 Å². The van der Waals surface area contributed by atoms with Crippen LogP contribution in [0.4, 0.5) is 0 Å². The maximum Gasteiger partial charge on any atom is 0.313 e. The van der Waals surface area contributed by atoms with Crippen LogP contribution in [0.3, 0.4) is 0 Å². The summed E-state index contributed by atoms with van der Waals surface area (Å²) in [7, 11) is 0. The van der Waals surface area contributed by atoms with Gasteiger partial charge in [0, 0.05) is 17.9 Å². The van der Waals surface area contributed by atoms with Crippen LogP contribution in [0.15, 0.2) is 24.3 Å². The Labute approximate surface area is 125 Å². The molecule has 0 heterocycles. The van der Waals surface area contributed by atoms with Gasteiger partial charge in [0.2, 0.25) is 0 Å². The highest BCUT2D eigenvalue weighted by molar-refractivity contribution is 6.18. The molecule has 0 saturated heterocycles. The second-order valence-corrected chi connectivity index (χ2v) is 5.10. The van der Waals surface area contributed by atoms with E-state index in [1.54, 1.807) is 12.1 Å². The number of carbonyl (C=O) groups is 2. The molecule has 4 heteroatoms. The first-order valence-electron chi connectivity index (χ1n) is 6.96. The highest BCUT2D eigenvalue weighted by Crippen LogP contribution is 2.18. The molecule has 0 aliphatic rings. The van der Waals surface area contributed by atoms with Crippen molar-refractivity contribution in [3.8, 4) is 0 Å². The van der Waals surface area contributed by atoms with Crippen LogP contribution in [0, 0.1) is 0 Å². The van der Waals surface area contributed by atoms with Crippen LogP contribution >= 0.6 is 11.6 Å². The van der Waals surface area contributed by atoms with E-state index >= 15 is 0 Å². The number of benzene rings is 1. The van der Waals surface area contributed by atoms with E-state index in [1.807, 2.05) is 26.0 Å². The molecule has 1 aromatic carbocycles. The van der Waals surface area contributed by atoms with Crippen molar-refractivity contribution < 1.29 is 14.3 Å². The van der Waals surface area contributed by atoms with Gasteiger partial charge in [-0.05, 0) is 25.3 Å². The first-order valence-corrected chi connectivity index (χ1v) is 7.49. The number of hydrogen-bond acceptors (Lipinski definition) is 3. The van der Waals surface area contributed by atoms with Crippen LogP contribution in [0.2, 0.25) is 0 Å². The Kier molecular flexibility index (Phi) is 7.31. The van der Waals surface area contributed by atoms with Crippen molar-refractivity contribution in [2.45, 2.75) is 39.0 Å². The van der Waals surface area contributed by atoms with Crippen LogP contribution in [0.25, 0.3) is 0 Å². The van der Waals surface area contributed by atoms with Gasteiger partial charge < -0.3 is 4.74 Å². The average Bonchev–Trinajstić information content (AvgIpc) is 2.49. The summed E-state index contributed by atoms with van der Waals surface area (Å²) in [6, 6.07) is 7.14. The second-order valence-electron chi connectivity index (χ2n) is 4.73. The van der Waals surface area contributed by atoms with E-state index in [-0.39, 0.29) is 17.7 Å². The molecule has 0 bridgehead atoms. The maximum atomic E-state index is 11.8. The van der Waals surface area contributed by atoms with Crippen molar-refractivity contribution in [3.05, 3.63) is 35.4 Å². The van der Waals surface area contributed by atoms with Crippen molar-refractivity contribution in [1.82, 2.24) is 0 Å². The average molecular weight is 297 g/mol. The van der Waals surface area contributed by atoms with Gasteiger partial charge in [-0.3, -0.25) is 9.59 Å². The van der Waals surface area contributed by atoms with Gasteiger partial charge in [-0.15, -0.1) is 11.6 Å². The van der Waals surface area contributed by atoms with Gasteiger partial charge in [0.05, 0.1) is 12.5 Å². The zero-order valence-electron chi connectivity index (χ0n) is 12.0. The monoisotopic (exact) mass is 296 g/mol. The summed E-state index contributed by atoms with van der Waals surface area (Å²) < 4.78 is 5.12. The minimum absolute atomic E-state index is 0.0819. The Bertz CT molecular complexity index is 440. The molecule has 20 heavy (non-hydrogen) atoms. The molecule has 0 aliphatic heterocycles. The summed E-state index contributed by atoms with van der Waals surface area (Å²) in [6.45, 7) is 4.21. The lowest BCUT2D eigenvalue weighted by Gasteiger charge is -2.11. The number of carbonyl (C=O) groups excluding carboxylic acids is 2. The van der Waals surface area contributed by atoms with Crippen LogP contribution < -0.4 is 0 Å². The van der Waals surface area contributed by atoms with Gasteiger partial charge in [-0.25, -0.2) is 0 Å². The van der Waals surface area contributed by atoms with Crippen LogP contribution in [-0.2, 0) is 9.53 Å². The quantitative estimate of drug-likeness (QED) is 0.414. The molecule has 0 saturated carbocycles. The highest BCUT2D eigenvalue weighted by atomic mass is 35.5. The molecule has 0 amide bonds. The molecule has 0 aliphatic carbocycles. The lowest BCUT2D eigenvalue weighted by Crippen LogP contribution is -2.13. The molecule has 1 unspecified atom stereocenters. The molecular formula is C16H21ClO3. The van der Waals surface area contributed by atoms with Crippen molar-refractivity contribution in [2.24, 2.45) is 0 Å². The molecule has 0 spiro atoms. The summed E-state index contributed by atoms with van der Waals surface area (Å²) in [5, 5.41) is 0. The van der Waals surface area contributed by atoms with E-state index < -0.39 is 0 Å². The number of ether oxygens (including phenoxy) is 1. The van der Waals surface area contributed by atoms with Crippen molar-refractivity contribution in [3.63, 3.8) is 0 Å². The third kappa shape index (κ3) is 4.97. The Hall–Kier alpha value is -1.35. The highest BCUT2D eigenvalue weighted by Gasteiger charge is 2.16. The fraction of sp³-hybridized carbons (Fsp3) is 0.500. The summed E-state index contributed by atoms with van der Waals surface area (Å²) in [4.78, 5) is 23.6. The standard InChI is InChI=1S/C16H21ClO3/c1-3-11-20-16(19)12(2)13-6-8-14(9-7-13)15(18)5-4-10-17/h6-9,12H,3-5,10-11H2,1-2H3. The van der Waals surface area contributed by atoms with Gasteiger partial charge in [0.15, 0.2) is 5.78 Å². The summed E-state index contributed by atoms with van der Waals surface area (Å²) >= 11 is 5.57. The molecule has 1 rings (SSSR count). The summed E-state index contributed by atoms with van der Waals surface area (Å²) in [5.41, 5.74) is 1.52. The number of rotatable bonds is 8. The van der Waals surface area contributed by atoms with E-state index in [4.69, 9.17) is 16.3 Å². The van der Waals surface area contributed by atoms with Crippen molar-refractivity contribution >= 4 is 23.4 Å². The first-order chi connectivity index (χ1) is 9.60. The van der Waals surface area contributed by atoms with Crippen LogP contribution in [0.1, 0.15) is 54.9 Å². The first kappa shape index (κ1) is 16.7. The fourth-order valence-corrected chi connectivity index (χ4v) is 1.93. The lowest BCUT2D eigenvalue weighted by atomic mass is 9.98. The van der Waals surface area contributed by atoms with Gasteiger partial charge in [0.25, 0.3) is 0 Å². The second kappa shape index (κ2) is 8.75. The topological polar surface area (TPSA) is 43.4 Å². The molecule has 0 N–H and O–H groups in total. The zero-order chi connectivity index (χ0) is 15.0. The Morgan fingerprint density at radius 2 is 1.90 bits per heavy atom. The van der Waals surface area contributed by atoms with Gasteiger partial charge >= 0.3 is 5.97 Å². The predicted molar refractivity (Wildman–Crippen MR) is 80.4 cm³/mol. The van der Waals surface area contributed by atoms with E-state index in [0.717, 1.165) is 12.0 Å². The van der Waals surface area contributed by atoms with Crippen LogP contribution in [0.5, 0.6) is 0 Å².